The van der Waals surface area contributed by atoms with Gasteiger partial charge in [-0.15, -0.1) is 0 Å². The van der Waals surface area contributed by atoms with E-state index in [4.69, 9.17) is 4.98 Å². The lowest BCUT2D eigenvalue weighted by molar-refractivity contribution is 0.0912. The summed E-state index contributed by atoms with van der Waals surface area (Å²) in [5.74, 6) is 1.63. The van der Waals surface area contributed by atoms with Crippen LogP contribution in [0.3, 0.4) is 0 Å². The molecule has 0 saturated carbocycles. The molecule has 1 saturated heterocycles. The lowest BCUT2D eigenvalue weighted by Gasteiger charge is -2.28. The molecule has 3 N–H and O–H groups in total. The summed E-state index contributed by atoms with van der Waals surface area (Å²) >= 11 is 0. The van der Waals surface area contributed by atoms with Crippen molar-refractivity contribution in [2.45, 2.75) is 32.7 Å². The first-order valence-corrected chi connectivity index (χ1v) is 11.4. The minimum absolute atomic E-state index is 0.0570. The van der Waals surface area contributed by atoms with Gasteiger partial charge in [0.1, 0.15) is 17.2 Å². The zero-order chi connectivity index (χ0) is 22.1. The molecule has 0 radical (unpaired) electrons. The summed E-state index contributed by atoms with van der Waals surface area (Å²) in [6.07, 6.45) is 5.77. The Hall–Kier alpha value is -3.20. The van der Waals surface area contributed by atoms with Crippen molar-refractivity contribution in [2.75, 3.05) is 42.9 Å². The minimum Gasteiger partial charge on any atom is -0.369 e. The number of pyridine rings is 1. The molecule has 2 aliphatic heterocycles. The van der Waals surface area contributed by atoms with Crippen molar-refractivity contribution in [3.8, 4) is 0 Å². The number of carbonyl (C=O) groups excluding carboxylic acids is 1. The zero-order valence-electron chi connectivity index (χ0n) is 18.6. The van der Waals surface area contributed by atoms with Gasteiger partial charge in [0.25, 0.3) is 5.91 Å². The Morgan fingerprint density at radius 2 is 2.09 bits per heavy atom. The van der Waals surface area contributed by atoms with Gasteiger partial charge in [0.15, 0.2) is 0 Å². The number of anilines is 3. The first kappa shape index (κ1) is 20.7. The maximum atomic E-state index is 12.4. The van der Waals surface area contributed by atoms with Crippen LogP contribution in [-0.2, 0) is 0 Å². The highest BCUT2D eigenvalue weighted by atomic mass is 16.2. The van der Waals surface area contributed by atoms with Gasteiger partial charge < -0.3 is 25.4 Å². The van der Waals surface area contributed by atoms with Crippen LogP contribution in [0, 0.1) is 5.92 Å². The van der Waals surface area contributed by atoms with Crippen molar-refractivity contribution in [2.24, 2.45) is 5.92 Å². The molecule has 0 bridgehead atoms. The summed E-state index contributed by atoms with van der Waals surface area (Å²) in [6, 6.07) is 6.11. The average molecular weight is 435 g/mol. The Kier molecular flexibility index (Phi) is 5.65. The van der Waals surface area contributed by atoms with Crippen LogP contribution < -0.4 is 20.9 Å². The molecule has 5 rings (SSSR count). The van der Waals surface area contributed by atoms with Gasteiger partial charge in [-0.25, -0.2) is 9.97 Å². The molecule has 1 fully saturated rings. The summed E-state index contributed by atoms with van der Waals surface area (Å²) in [6.45, 7) is 9.08. The average Bonchev–Trinajstić information content (AvgIpc) is 2.96. The highest BCUT2D eigenvalue weighted by Gasteiger charge is 2.28. The summed E-state index contributed by atoms with van der Waals surface area (Å²) < 4.78 is 2.07. The first-order valence-electron chi connectivity index (χ1n) is 11.4. The summed E-state index contributed by atoms with van der Waals surface area (Å²) in [7, 11) is 0. The molecule has 9 nitrogen and oxygen atoms in total. The number of hydrogen-bond donors (Lipinski definition) is 3. The molecule has 9 heteroatoms. The Balaban J connectivity index is 1.40. The Bertz CT molecular complexity index is 1100. The summed E-state index contributed by atoms with van der Waals surface area (Å²) in [4.78, 5) is 28.6. The molecule has 2 aliphatic rings. The lowest BCUT2D eigenvalue weighted by Crippen LogP contribution is -2.39. The maximum Gasteiger partial charge on any atom is 0.268 e. The van der Waals surface area contributed by atoms with Gasteiger partial charge in [-0.2, -0.15) is 4.98 Å². The fourth-order valence-corrected chi connectivity index (χ4v) is 4.60. The lowest BCUT2D eigenvalue weighted by atomic mass is 10.0. The highest BCUT2D eigenvalue weighted by Crippen LogP contribution is 2.30. The van der Waals surface area contributed by atoms with Crippen molar-refractivity contribution in [3.63, 3.8) is 0 Å². The predicted molar refractivity (Wildman–Crippen MR) is 126 cm³/mol. The van der Waals surface area contributed by atoms with Crippen LogP contribution >= 0.6 is 0 Å². The number of aromatic nitrogens is 4. The normalized spacial score (nSPS) is 19.0. The van der Waals surface area contributed by atoms with E-state index in [1.54, 1.807) is 6.20 Å². The number of rotatable bonds is 5. The first-order chi connectivity index (χ1) is 15.6. The summed E-state index contributed by atoms with van der Waals surface area (Å²) in [5, 5.41) is 10.5. The van der Waals surface area contributed by atoms with Gasteiger partial charge in [-0.3, -0.25) is 4.79 Å². The molecular formula is C23H30N8O. The van der Waals surface area contributed by atoms with Crippen molar-refractivity contribution in [1.29, 1.82) is 0 Å². The Labute approximate surface area is 187 Å². The third-order valence-electron chi connectivity index (χ3n) is 6.11. The van der Waals surface area contributed by atoms with Crippen LogP contribution in [0.2, 0.25) is 0 Å². The number of nitrogens with zero attached hydrogens (tertiary/aromatic N) is 5. The van der Waals surface area contributed by atoms with Crippen LogP contribution in [0.25, 0.3) is 11.0 Å². The van der Waals surface area contributed by atoms with E-state index in [0.717, 1.165) is 55.7 Å². The van der Waals surface area contributed by atoms with E-state index in [2.05, 4.69) is 55.3 Å². The van der Waals surface area contributed by atoms with E-state index < -0.39 is 0 Å². The number of amides is 1. The van der Waals surface area contributed by atoms with E-state index in [0.29, 0.717) is 29.9 Å². The molecule has 5 heterocycles. The van der Waals surface area contributed by atoms with Gasteiger partial charge in [-0.1, -0.05) is 13.8 Å². The van der Waals surface area contributed by atoms with Crippen molar-refractivity contribution in [3.05, 3.63) is 36.3 Å². The van der Waals surface area contributed by atoms with Crippen molar-refractivity contribution >= 4 is 34.4 Å². The molecule has 3 aromatic heterocycles. The van der Waals surface area contributed by atoms with Crippen molar-refractivity contribution < 1.29 is 4.79 Å². The fraction of sp³-hybridized carbons (Fsp3) is 0.478. The molecule has 0 spiro atoms. The largest absolute Gasteiger partial charge is 0.369 e. The van der Waals surface area contributed by atoms with Gasteiger partial charge in [0, 0.05) is 37.8 Å². The molecule has 0 aliphatic carbocycles. The molecule has 32 heavy (non-hydrogen) atoms. The molecule has 0 aromatic carbocycles. The zero-order valence-corrected chi connectivity index (χ0v) is 18.6. The quantitative estimate of drug-likeness (QED) is 0.568. The fourth-order valence-electron chi connectivity index (χ4n) is 4.60. The van der Waals surface area contributed by atoms with Crippen LogP contribution in [0.5, 0.6) is 0 Å². The van der Waals surface area contributed by atoms with Crippen LogP contribution in [0.1, 0.15) is 43.2 Å². The Morgan fingerprint density at radius 3 is 2.91 bits per heavy atom. The van der Waals surface area contributed by atoms with Crippen LogP contribution in [0.4, 0.5) is 17.5 Å². The van der Waals surface area contributed by atoms with Crippen LogP contribution in [-0.4, -0.2) is 58.1 Å². The highest BCUT2D eigenvalue weighted by molar-refractivity contribution is 5.98. The third-order valence-corrected chi connectivity index (χ3v) is 6.11. The molecule has 1 atom stereocenters. The van der Waals surface area contributed by atoms with E-state index >= 15 is 0 Å². The van der Waals surface area contributed by atoms with E-state index in [-0.39, 0.29) is 11.9 Å². The van der Waals surface area contributed by atoms with Gasteiger partial charge >= 0.3 is 0 Å². The maximum absolute atomic E-state index is 12.4. The molecule has 1 amide bonds. The topological polar surface area (TPSA) is 100 Å². The molecular weight excluding hydrogens is 404 g/mol. The number of fused-ring (bicyclic) bond motifs is 3. The second-order valence-electron chi connectivity index (χ2n) is 8.98. The SMILES string of the molecule is CC(C)CC1CNC(=O)c2cc3cnc(Nc4ccc(N5CCCNCC5)cn4)nc3n21. The molecule has 3 aromatic rings. The second kappa shape index (κ2) is 8.74. The monoisotopic (exact) mass is 434 g/mol. The Morgan fingerprint density at radius 1 is 1.19 bits per heavy atom. The molecule has 1 unspecified atom stereocenters. The van der Waals surface area contributed by atoms with Gasteiger partial charge in [0.2, 0.25) is 5.95 Å². The second-order valence-corrected chi connectivity index (χ2v) is 8.98. The minimum atomic E-state index is -0.0570. The number of hydrogen-bond acceptors (Lipinski definition) is 7. The smallest absolute Gasteiger partial charge is 0.268 e. The summed E-state index contributed by atoms with van der Waals surface area (Å²) in [5.41, 5.74) is 2.56. The van der Waals surface area contributed by atoms with E-state index in [9.17, 15) is 4.79 Å². The van der Waals surface area contributed by atoms with E-state index in [1.807, 2.05) is 18.3 Å². The van der Waals surface area contributed by atoms with Crippen LogP contribution in [0.15, 0.2) is 30.6 Å². The number of nitrogens with one attached hydrogen (secondary N) is 3. The van der Waals surface area contributed by atoms with E-state index in [1.165, 1.54) is 0 Å². The number of carbonyl (C=O) groups is 1. The third kappa shape index (κ3) is 4.12. The van der Waals surface area contributed by atoms with Gasteiger partial charge in [0.05, 0.1) is 17.9 Å². The van der Waals surface area contributed by atoms with Crippen molar-refractivity contribution in [1.82, 2.24) is 30.2 Å². The van der Waals surface area contributed by atoms with Gasteiger partial charge in [-0.05, 0) is 43.5 Å². The predicted octanol–water partition coefficient (Wildman–Crippen LogP) is 2.70. The molecule has 168 valence electrons. The standard InChI is InChI=1S/C23H30N8O/c1-15(2)10-18-14-26-22(32)19-11-16-12-27-23(29-21(16)31(18)19)28-20-5-4-17(13-25-20)30-8-3-6-24-7-9-30/h4-5,11-13,15,18,24H,3,6-10,14H2,1-2H3,(H,26,32)(H,25,27,28,29).